The van der Waals surface area contributed by atoms with Crippen LogP contribution in [-0.4, -0.2) is 38.0 Å². The van der Waals surface area contributed by atoms with Crippen LogP contribution >= 0.6 is 0 Å². The summed E-state index contributed by atoms with van der Waals surface area (Å²) < 4.78 is 26.3. The van der Waals surface area contributed by atoms with E-state index < -0.39 is 10.1 Å². The Kier molecular flexibility index (Phi) is 6.60. The van der Waals surface area contributed by atoms with Crippen LogP contribution in [0.2, 0.25) is 0 Å². The van der Waals surface area contributed by atoms with E-state index in [1.54, 1.807) is 12.1 Å². The van der Waals surface area contributed by atoms with Crippen molar-refractivity contribution in [3.05, 3.63) is 54.1 Å². The Bertz CT molecular complexity index is 423. The Morgan fingerprint density at radius 3 is 2.33 bits per heavy atom. The maximum absolute atomic E-state index is 11.0. The number of benzene rings is 1. The molecule has 0 heterocycles. The first-order valence-electron chi connectivity index (χ1n) is 3.91. The quantitative estimate of drug-likeness (QED) is 0.450. The third-order valence-corrected chi connectivity index (χ3v) is 2.30. The molecule has 15 heavy (non-hydrogen) atoms. The third kappa shape index (κ3) is 5.79. The Morgan fingerprint density at radius 1 is 1.20 bits per heavy atom. The van der Waals surface area contributed by atoms with Crippen molar-refractivity contribution in [2.24, 2.45) is 0 Å². The van der Waals surface area contributed by atoms with Gasteiger partial charge in [0.15, 0.2) is 0 Å². The summed E-state index contributed by atoms with van der Waals surface area (Å²) in [6.45, 7) is 3.17. The van der Waals surface area contributed by atoms with Gasteiger partial charge in [0.2, 0.25) is 0 Å². The van der Waals surface area contributed by atoms with E-state index in [9.17, 15) is 8.42 Å². The summed E-state index contributed by atoms with van der Waals surface area (Å²) in [7, 11) is -3.63. The monoisotopic (exact) mass is 234 g/mol. The van der Waals surface area contributed by atoms with Crippen LogP contribution in [0.3, 0.4) is 0 Å². The molecule has 0 aromatic heterocycles. The zero-order valence-corrected chi connectivity index (χ0v) is 8.28. The van der Waals surface area contributed by atoms with Gasteiger partial charge in [0, 0.05) is 0 Å². The molecule has 0 radical (unpaired) electrons. The first-order chi connectivity index (χ1) is 6.64. The molecule has 0 saturated carbocycles. The van der Waals surface area contributed by atoms with Crippen molar-refractivity contribution in [1.29, 1.82) is 0 Å². The molecular weight excluding hydrogens is 223 g/mol. The Balaban J connectivity index is 0.00000196. The van der Waals surface area contributed by atoms with Crippen LogP contribution in [-0.2, 0) is 14.3 Å². The molecular formula is C10H11NaO3S. The molecule has 0 unspecified atom stereocenters. The van der Waals surface area contributed by atoms with Crippen molar-refractivity contribution in [2.45, 2.75) is 0 Å². The molecule has 0 fully saturated rings. The second kappa shape index (κ2) is 6.85. The van der Waals surface area contributed by atoms with Gasteiger partial charge >= 0.3 is 39.7 Å². The fourth-order valence-electron chi connectivity index (χ4n) is 0.853. The number of hydrogen-bond acceptors (Lipinski definition) is 3. The van der Waals surface area contributed by atoms with Gasteiger partial charge in [-0.25, -0.2) is 0 Å². The molecule has 1 rings (SSSR count). The summed E-state index contributed by atoms with van der Waals surface area (Å²) in [5, 5.41) is 0.990. The standard InChI is InChI=1S/C10H10O3S.Na.H/c1-2-13-14(11,12)9-8-10-6-4-3-5-7-10;;/h2-9H,1H2;;. The van der Waals surface area contributed by atoms with Crippen molar-refractivity contribution in [2.75, 3.05) is 0 Å². The van der Waals surface area contributed by atoms with Gasteiger partial charge in [-0.15, -0.1) is 0 Å². The van der Waals surface area contributed by atoms with Crippen LogP contribution < -0.4 is 0 Å². The average molecular weight is 234 g/mol. The normalized spacial score (nSPS) is 10.7. The summed E-state index contributed by atoms with van der Waals surface area (Å²) in [5.74, 6) is 0. The SMILES string of the molecule is C=COS(=O)(=O)C=Cc1ccccc1.[NaH]. The maximum atomic E-state index is 11.0. The molecule has 0 bridgehead atoms. The molecule has 0 spiro atoms. The molecule has 0 aliphatic rings. The topological polar surface area (TPSA) is 43.4 Å². The average Bonchev–Trinajstić information content (AvgIpc) is 2.17. The Morgan fingerprint density at radius 2 is 1.80 bits per heavy atom. The molecule has 1 aromatic carbocycles. The van der Waals surface area contributed by atoms with Crippen LogP contribution in [0.5, 0.6) is 0 Å². The first kappa shape index (κ1) is 14.5. The second-order valence-corrected chi connectivity index (χ2v) is 3.92. The molecule has 76 valence electrons. The predicted octanol–water partition coefficient (Wildman–Crippen LogP) is 1.50. The van der Waals surface area contributed by atoms with Gasteiger partial charge in [0.25, 0.3) is 0 Å². The van der Waals surface area contributed by atoms with Crippen molar-refractivity contribution in [3.63, 3.8) is 0 Å². The summed E-state index contributed by atoms with van der Waals surface area (Å²) in [5.41, 5.74) is 0.795. The van der Waals surface area contributed by atoms with E-state index in [0.717, 1.165) is 17.2 Å². The first-order valence-corrected chi connectivity index (χ1v) is 5.38. The van der Waals surface area contributed by atoms with Crippen molar-refractivity contribution >= 4 is 45.8 Å². The van der Waals surface area contributed by atoms with Gasteiger partial charge in [-0.2, -0.15) is 8.42 Å². The van der Waals surface area contributed by atoms with E-state index in [0.29, 0.717) is 0 Å². The van der Waals surface area contributed by atoms with E-state index >= 15 is 0 Å². The predicted molar refractivity (Wildman–Crippen MR) is 62.8 cm³/mol. The fraction of sp³-hybridized carbons (Fsp3) is 0. The fourth-order valence-corrected chi connectivity index (χ4v) is 1.43. The summed E-state index contributed by atoms with van der Waals surface area (Å²) in [4.78, 5) is 0. The Hall–Kier alpha value is -0.550. The van der Waals surface area contributed by atoms with Gasteiger partial charge in [0.1, 0.15) is 0 Å². The van der Waals surface area contributed by atoms with Gasteiger partial charge in [0.05, 0.1) is 11.7 Å². The minimum absolute atomic E-state index is 0. The van der Waals surface area contributed by atoms with Crippen molar-refractivity contribution in [1.82, 2.24) is 0 Å². The molecule has 0 saturated heterocycles. The molecule has 1 aromatic rings. The van der Waals surface area contributed by atoms with E-state index in [-0.39, 0.29) is 29.6 Å². The van der Waals surface area contributed by atoms with Crippen molar-refractivity contribution in [3.8, 4) is 0 Å². The molecule has 0 atom stereocenters. The van der Waals surface area contributed by atoms with Crippen LogP contribution in [0.25, 0.3) is 6.08 Å². The molecule has 0 aliphatic carbocycles. The second-order valence-electron chi connectivity index (χ2n) is 2.47. The zero-order valence-electron chi connectivity index (χ0n) is 7.46. The van der Waals surface area contributed by atoms with Crippen LogP contribution in [0.15, 0.2) is 48.6 Å². The van der Waals surface area contributed by atoms with Gasteiger partial charge < -0.3 is 4.18 Å². The van der Waals surface area contributed by atoms with E-state index in [1.165, 1.54) is 6.08 Å². The van der Waals surface area contributed by atoms with Crippen LogP contribution in [0, 0.1) is 0 Å². The van der Waals surface area contributed by atoms with Crippen LogP contribution in [0.1, 0.15) is 5.56 Å². The van der Waals surface area contributed by atoms with E-state index in [1.807, 2.05) is 18.2 Å². The summed E-state index contributed by atoms with van der Waals surface area (Å²) in [6.07, 6.45) is 2.34. The molecule has 0 aliphatic heterocycles. The van der Waals surface area contributed by atoms with Gasteiger partial charge in [-0.3, -0.25) is 0 Å². The summed E-state index contributed by atoms with van der Waals surface area (Å²) >= 11 is 0. The number of rotatable bonds is 4. The van der Waals surface area contributed by atoms with Gasteiger partial charge in [-0.1, -0.05) is 36.9 Å². The molecule has 0 amide bonds. The van der Waals surface area contributed by atoms with Crippen molar-refractivity contribution < 1.29 is 12.6 Å². The molecule has 5 heteroatoms. The van der Waals surface area contributed by atoms with E-state index in [4.69, 9.17) is 0 Å². The molecule has 3 nitrogen and oxygen atoms in total. The van der Waals surface area contributed by atoms with Crippen LogP contribution in [0.4, 0.5) is 0 Å². The van der Waals surface area contributed by atoms with Gasteiger partial charge in [-0.05, 0) is 11.6 Å². The third-order valence-electron chi connectivity index (χ3n) is 1.43. The molecule has 0 N–H and O–H groups in total. The Labute approximate surface area is 112 Å². The van der Waals surface area contributed by atoms with E-state index in [2.05, 4.69) is 10.8 Å². The number of hydrogen-bond donors (Lipinski definition) is 0. The minimum atomic E-state index is -3.63. The summed E-state index contributed by atoms with van der Waals surface area (Å²) in [6, 6.07) is 9.08. The zero-order chi connectivity index (χ0) is 10.4.